The fraction of sp³-hybridized carbons (Fsp3) is 0.947. The zero-order valence-corrected chi connectivity index (χ0v) is 17.3. The van der Waals surface area contributed by atoms with Crippen molar-refractivity contribution in [1.82, 2.24) is 15.5 Å². The van der Waals surface area contributed by atoms with Gasteiger partial charge in [-0.1, -0.05) is 13.8 Å². The van der Waals surface area contributed by atoms with Gasteiger partial charge < -0.3 is 24.8 Å². The highest BCUT2D eigenvalue weighted by Crippen LogP contribution is 2.13. The summed E-state index contributed by atoms with van der Waals surface area (Å²) in [6.07, 6.45) is 2.10. The van der Waals surface area contributed by atoms with Crippen LogP contribution in [0.25, 0.3) is 0 Å². The van der Waals surface area contributed by atoms with E-state index < -0.39 is 0 Å². The van der Waals surface area contributed by atoms with Gasteiger partial charge in [0.05, 0.1) is 33.0 Å². The lowest BCUT2D eigenvalue weighted by Crippen LogP contribution is -2.48. The van der Waals surface area contributed by atoms with E-state index in [1.54, 1.807) is 7.11 Å². The number of hydrogen-bond acceptors (Lipinski definition) is 5. The lowest BCUT2D eigenvalue weighted by atomic mass is 10.0. The lowest BCUT2D eigenvalue weighted by molar-refractivity contribution is 0.00867. The van der Waals surface area contributed by atoms with Crippen molar-refractivity contribution in [3.63, 3.8) is 0 Å². The van der Waals surface area contributed by atoms with Gasteiger partial charge in [0.2, 0.25) is 0 Å². The number of methoxy groups -OCH3 is 1. The van der Waals surface area contributed by atoms with E-state index in [4.69, 9.17) is 19.2 Å². The van der Waals surface area contributed by atoms with Gasteiger partial charge in [0, 0.05) is 45.9 Å². The normalized spacial score (nSPS) is 17.5. The van der Waals surface area contributed by atoms with Crippen LogP contribution in [0.2, 0.25) is 0 Å². The molecule has 1 aliphatic heterocycles. The van der Waals surface area contributed by atoms with E-state index in [1.165, 1.54) is 0 Å². The van der Waals surface area contributed by atoms with Crippen LogP contribution in [0.1, 0.15) is 33.6 Å². The topological polar surface area (TPSA) is 67.4 Å². The number of rotatable bonds is 13. The largest absolute Gasteiger partial charge is 0.382 e. The van der Waals surface area contributed by atoms with Crippen molar-refractivity contribution in [2.24, 2.45) is 10.9 Å². The molecule has 7 heteroatoms. The molecule has 154 valence electrons. The summed E-state index contributed by atoms with van der Waals surface area (Å²) in [7, 11) is 1.69. The predicted octanol–water partition coefficient (Wildman–Crippen LogP) is 1.34. The fourth-order valence-electron chi connectivity index (χ4n) is 2.96. The summed E-state index contributed by atoms with van der Waals surface area (Å²) in [5.41, 5.74) is 0. The molecule has 1 atom stereocenters. The number of nitrogens with zero attached hydrogens (tertiary/aromatic N) is 2. The van der Waals surface area contributed by atoms with Crippen molar-refractivity contribution in [3.8, 4) is 0 Å². The van der Waals surface area contributed by atoms with Gasteiger partial charge in [-0.2, -0.15) is 0 Å². The van der Waals surface area contributed by atoms with Crippen molar-refractivity contribution in [3.05, 3.63) is 0 Å². The van der Waals surface area contributed by atoms with Crippen LogP contribution in [0.5, 0.6) is 0 Å². The molecular weight excluding hydrogens is 332 g/mol. The van der Waals surface area contributed by atoms with E-state index in [2.05, 4.69) is 36.3 Å². The molecule has 1 unspecified atom stereocenters. The van der Waals surface area contributed by atoms with Crippen LogP contribution in [0.15, 0.2) is 4.99 Å². The van der Waals surface area contributed by atoms with Crippen LogP contribution in [0.3, 0.4) is 0 Å². The maximum absolute atomic E-state index is 5.49. The summed E-state index contributed by atoms with van der Waals surface area (Å²) < 4.78 is 15.9. The summed E-state index contributed by atoms with van der Waals surface area (Å²) in [5, 5.41) is 6.78. The SMILES string of the molecule is CCNC(=NCC(C(C)C)N1CCOCC1)NCCCCOCCOC. The van der Waals surface area contributed by atoms with E-state index >= 15 is 0 Å². The van der Waals surface area contributed by atoms with Crippen molar-refractivity contribution < 1.29 is 14.2 Å². The summed E-state index contributed by atoms with van der Waals surface area (Å²) in [5.74, 6) is 1.48. The molecule has 0 bridgehead atoms. The smallest absolute Gasteiger partial charge is 0.191 e. The molecule has 26 heavy (non-hydrogen) atoms. The zero-order chi connectivity index (χ0) is 19.0. The highest BCUT2D eigenvalue weighted by Gasteiger charge is 2.23. The van der Waals surface area contributed by atoms with Gasteiger partial charge in [0.25, 0.3) is 0 Å². The maximum Gasteiger partial charge on any atom is 0.191 e. The Balaban J connectivity index is 2.33. The van der Waals surface area contributed by atoms with E-state index in [0.29, 0.717) is 25.2 Å². The van der Waals surface area contributed by atoms with Gasteiger partial charge in [-0.25, -0.2) is 0 Å². The summed E-state index contributed by atoms with van der Waals surface area (Å²) >= 11 is 0. The van der Waals surface area contributed by atoms with Crippen LogP contribution >= 0.6 is 0 Å². The molecule has 0 aromatic rings. The minimum absolute atomic E-state index is 0.462. The van der Waals surface area contributed by atoms with Gasteiger partial charge in [-0.3, -0.25) is 9.89 Å². The third-order valence-corrected chi connectivity index (χ3v) is 4.50. The number of hydrogen-bond donors (Lipinski definition) is 2. The van der Waals surface area contributed by atoms with Crippen LogP contribution in [0.4, 0.5) is 0 Å². The molecule has 0 spiro atoms. The molecule has 7 nitrogen and oxygen atoms in total. The number of nitrogens with one attached hydrogen (secondary N) is 2. The molecule has 0 aromatic carbocycles. The van der Waals surface area contributed by atoms with Crippen LogP contribution in [0, 0.1) is 5.92 Å². The van der Waals surface area contributed by atoms with Crippen molar-refractivity contribution in [1.29, 1.82) is 0 Å². The molecule has 0 amide bonds. The Morgan fingerprint density at radius 3 is 2.54 bits per heavy atom. The average Bonchev–Trinajstić information content (AvgIpc) is 2.64. The minimum Gasteiger partial charge on any atom is -0.382 e. The van der Waals surface area contributed by atoms with E-state index in [9.17, 15) is 0 Å². The standard InChI is InChI=1S/C19H40N4O3/c1-5-20-19(21-8-6-7-11-25-15-14-24-4)22-16-18(17(2)3)23-9-12-26-13-10-23/h17-18H,5-16H2,1-4H3,(H2,20,21,22). The highest BCUT2D eigenvalue weighted by molar-refractivity contribution is 5.79. The fourth-order valence-corrected chi connectivity index (χ4v) is 2.96. The van der Waals surface area contributed by atoms with Gasteiger partial charge >= 0.3 is 0 Å². The quantitative estimate of drug-likeness (QED) is 0.289. The number of aliphatic imine (C=N–C) groups is 1. The first-order valence-corrected chi connectivity index (χ1v) is 10.1. The molecule has 2 N–H and O–H groups in total. The highest BCUT2D eigenvalue weighted by atomic mass is 16.5. The molecule has 1 saturated heterocycles. The summed E-state index contributed by atoms with van der Waals surface area (Å²) in [4.78, 5) is 7.35. The Hall–Kier alpha value is -0.890. The van der Waals surface area contributed by atoms with Crippen LogP contribution < -0.4 is 10.6 Å². The first-order chi connectivity index (χ1) is 12.7. The second kappa shape index (κ2) is 15.2. The van der Waals surface area contributed by atoms with Crippen LogP contribution in [-0.2, 0) is 14.2 Å². The molecule has 1 fully saturated rings. The zero-order valence-electron chi connectivity index (χ0n) is 17.3. The molecule has 1 rings (SSSR count). The van der Waals surface area contributed by atoms with Crippen molar-refractivity contribution in [2.45, 2.75) is 39.7 Å². The molecule has 1 heterocycles. The Morgan fingerprint density at radius 2 is 1.88 bits per heavy atom. The second-order valence-corrected chi connectivity index (χ2v) is 6.92. The second-order valence-electron chi connectivity index (χ2n) is 6.92. The first kappa shape index (κ1) is 23.1. The molecular formula is C19H40N4O3. The average molecular weight is 373 g/mol. The molecule has 0 saturated carbocycles. The summed E-state index contributed by atoms with van der Waals surface area (Å²) in [6.45, 7) is 15.0. The number of ether oxygens (including phenoxy) is 3. The van der Waals surface area contributed by atoms with E-state index in [-0.39, 0.29) is 0 Å². The summed E-state index contributed by atoms with van der Waals surface area (Å²) in [6, 6.07) is 0.462. The third kappa shape index (κ3) is 10.3. The van der Waals surface area contributed by atoms with Crippen LogP contribution in [-0.4, -0.2) is 89.8 Å². The van der Waals surface area contributed by atoms with Crippen molar-refractivity contribution in [2.75, 3.05) is 72.9 Å². The number of unbranched alkanes of at least 4 members (excludes halogenated alkanes) is 1. The van der Waals surface area contributed by atoms with Crippen molar-refractivity contribution >= 4 is 5.96 Å². The lowest BCUT2D eigenvalue weighted by Gasteiger charge is -2.36. The molecule has 1 aliphatic rings. The van der Waals surface area contributed by atoms with E-state index in [1.807, 2.05) is 0 Å². The molecule has 0 aliphatic carbocycles. The Kier molecular flexibility index (Phi) is 13.5. The van der Waals surface area contributed by atoms with Gasteiger partial charge in [-0.05, 0) is 25.7 Å². The van der Waals surface area contributed by atoms with Gasteiger partial charge in [0.1, 0.15) is 0 Å². The monoisotopic (exact) mass is 372 g/mol. The minimum atomic E-state index is 0.462. The maximum atomic E-state index is 5.49. The predicted molar refractivity (Wildman–Crippen MR) is 107 cm³/mol. The number of morpholine rings is 1. The number of guanidine groups is 1. The first-order valence-electron chi connectivity index (χ1n) is 10.1. The Bertz CT molecular complexity index is 361. The van der Waals surface area contributed by atoms with Gasteiger partial charge in [0.15, 0.2) is 5.96 Å². The van der Waals surface area contributed by atoms with E-state index in [0.717, 1.165) is 71.3 Å². The molecule has 0 radical (unpaired) electrons. The third-order valence-electron chi connectivity index (χ3n) is 4.50. The molecule has 0 aromatic heterocycles. The Morgan fingerprint density at radius 1 is 1.12 bits per heavy atom. The Labute approximate surface area is 159 Å². The van der Waals surface area contributed by atoms with Gasteiger partial charge in [-0.15, -0.1) is 0 Å².